The summed E-state index contributed by atoms with van der Waals surface area (Å²) in [4.78, 5) is 42.6. The van der Waals surface area contributed by atoms with Crippen LogP contribution in [0.5, 0.6) is 0 Å². The van der Waals surface area contributed by atoms with Crippen molar-refractivity contribution in [3.63, 3.8) is 0 Å². The number of unbranched alkanes of at least 4 members (excludes halogenated alkanes) is 2. The van der Waals surface area contributed by atoms with Crippen LogP contribution in [0.25, 0.3) is 0 Å². The normalized spacial score (nSPS) is 31.9. The van der Waals surface area contributed by atoms with Gasteiger partial charge in [0.1, 0.15) is 6.04 Å². The number of rotatable bonds is 11. The molecule has 0 radical (unpaired) electrons. The molecule has 4 rings (SSSR count). The Kier molecular flexibility index (Phi) is 8.11. The molecule has 1 aromatic carbocycles. The first-order chi connectivity index (χ1) is 16.9. The van der Waals surface area contributed by atoms with Gasteiger partial charge in [0.05, 0.1) is 35.8 Å². The molecule has 2 N–H and O–H groups in total. The number of ether oxygens (including phenoxy) is 1. The van der Waals surface area contributed by atoms with Crippen molar-refractivity contribution in [3.8, 4) is 0 Å². The minimum absolute atomic E-state index is 0.0303. The van der Waals surface area contributed by atoms with E-state index in [9.17, 15) is 19.5 Å². The van der Waals surface area contributed by atoms with Gasteiger partial charge >= 0.3 is 5.97 Å². The molecule has 2 amide bonds. The Bertz CT molecular complexity index is 927. The zero-order valence-corrected chi connectivity index (χ0v) is 21.8. The molecule has 3 heterocycles. The van der Waals surface area contributed by atoms with E-state index in [1.165, 1.54) is 0 Å². The molecule has 192 valence electrons. The molecule has 0 aliphatic carbocycles. The van der Waals surface area contributed by atoms with Crippen molar-refractivity contribution in [2.75, 3.05) is 19.8 Å². The SMILES string of the molecule is CCCCCNC(=O)C1N([C@@H](CO)Cc2ccccc2)C(=O)[C@@H]2[C@@H](C(=O)OCC)[C@H]3CC(C)C12S3. The summed E-state index contributed by atoms with van der Waals surface area (Å²) in [6.45, 7) is 6.54. The van der Waals surface area contributed by atoms with Crippen molar-refractivity contribution in [1.82, 2.24) is 10.2 Å². The van der Waals surface area contributed by atoms with E-state index < -0.39 is 28.7 Å². The van der Waals surface area contributed by atoms with Crippen LogP contribution in [0.4, 0.5) is 0 Å². The quantitative estimate of drug-likeness (QED) is 0.357. The number of esters is 1. The molecule has 2 bridgehead atoms. The maximum atomic E-state index is 14.1. The summed E-state index contributed by atoms with van der Waals surface area (Å²) < 4.78 is 4.70. The number of fused-ring (bicyclic) bond motifs is 1. The van der Waals surface area contributed by atoms with Crippen LogP contribution in [0.15, 0.2) is 30.3 Å². The zero-order chi connectivity index (χ0) is 25.2. The molecule has 1 aromatic rings. The highest BCUT2D eigenvalue weighted by atomic mass is 32.2. The fourth-order valence-electron chi connectivity index (χ4n) is 6.48. The molecule has 0 aromatic heterocycles. The Balaban J connectivity index is 1.71. The smallest absolute Gasteiger partial charge is 0.310 e. The molecule has 3 aliphatic heterocycles. The van der Waals surface area contributed by atoms with E-state index in [2.05, 4.69) is 19.2 Å². The summed E-state index contributed by atoms with van der Waals surface area (Å²) in [5.74, 6) is -1.80. The molecule has 0 saturated carbocycles. The monoisotopic (exact) mass is 502 g/mol. The highest BCUT2D eigenvalue weighted by molar-refractivity contribution is 8.02. The Labute approximate surface area is 212 Å². The van der Waals surface area contributed by atoms with Gasteiger partial charge in [0, 0.05) is 11.8 Å². The number of thioether (sulfide) groups is 1. The Morgan fingerprint density at radius 3 is 2.66 bits per heavy atom. The first-order valence-electron chi connectivity index (χ1n) is 13.0. The second-order valence-electron chi connectivity index (χ2n) is 10.1. The number of likely N-dealkylation sites (tertiary alicyclic amines) is 1. The first-order valence-corrected chi connectivity index (χ1v) is 13.9. The second-order valence-corrected chi connectivity index (χ2v) is 11.6. The lowest BCUT2D eigenvalue weighted by atomic mass is 9.66. The third-order valence-corrected chi connectivity index (χ3v) is 10.1. The molecule has 7 atom stereocenters. The lowest BCUT2D eigenvalue weighted by Gasteiger charge is -2.40. The van der Waals surface area contributed by atoms with Crippen LogP contribution >= 0.6 is 11.8 Å². The molecule has 3 saturated heterocycles. The standard InChI is InChI=1S/C27H38N2O5S/c1-4-6-10-13-28-24(31)23-27-17(3)14-20(35-27)21(26(33)34-5-2)22(27)25(32)29(23)19(16-30)15-18-11-8-7-9-12-18/h7-9,11-12,17,19-23,30H,4-6,10,13-16H2,1-3H3,(H,28,31)/t17?,19-,20-,21+,22+,23?,27?/m1/s1. The first kappa shape index (κ1) is 26.0. The Hall–Kier alpha value is -2.06. The van der Waals surface area contributed by atoms with E-state index in [0.717, 1.165) is 31.2 Å². The van der Waals surface area contributed by atoms with E-state index in [0.29, 0.717) is 13.0 Å². The molecular formula is C27H38N2O5S. The van der Waals surface area contributed by atoms with Gasteiger partial charge in [-0.1, -0.05) is 57.0 Å². The Morgan fingerprint density at radius 1 is 1.26 bits per heavy atom. The largest absolute Gasteiger partial charge is 0.466 e. The molecule has 1 spiro atoms. The molecular weight excluding hydrogens is 464 g/mol. The van der Waals surface area contributed by atoms with Crippen LogP contribution in [0.2, 0.25) is 0 Å². The van der Waals surface area contributed by atoms with Gasteiger partial charge in [-0.25, -0.2) is 0 Å². The minimum atomic E-state index is -0.730. The minimum Gasteiger partial charge on any atom is -0.466 e. The number of nitrogens with one attached hydrogen (secondary N) is 1. The van der Waals surface area contributed by atoms with E-state index in [1.54, 1.807) is 23.6 Å². The van der Waals surface area contributed by atoms with Crippen LogP contribution in [0, 0.1) is 17.8 Å². The molecule has 3 fully saturated rings. The number of hydrogen-bond acceptors (Lipinski definition) is 6. The van der Waals surface area contributed by atoms with Crippen LogP contribution in [-0.2, 0) is 25.5 Å². The molecule has 3 aliphatic rings. The van der Waals surface area contributed by atoms with Crippen molar-refractivity contribution >= 4 is 29.5 Å². The fraction of sp³-hybridized carbons (Fsp3) is 0.667. The third-order valence-electron chi connectivity index (χ3n) is 7.99. The number of amides is 2. The summed E-state index contributed by atoms with van der Waals surface area (Å²) >= 11 is 1.64. The number of carbonyl (C=O) groups is 3. The van der Waals surface area contributed by atoms with Crippen molar-refractivity contribution in [1.29, 1.82) is 0 Å². The summed E-state index contributed by atoms with van der Waals surface area (Å²) in [6, 6.07) is 8.43. The van der Waals surface area contributed by atoms with Crippen molar-refractivity contribution in [3.05, 3.63) is 35.9 Å². The number of hydrogen-bond donors (Lipinski definition) is 2. The lowest BCUT2D eigenvalue weighted by molar-refractivity contribution is -0.154. The summed E-state index contributed by atoms with van der Waals surface area (Å²) in [7, 11) is 0. The van der Waals surface area contributed by atoms with Crippen molar-refractivity contribution < 1.29 is 24.2 Å². The van der Waals surface area contributed by atoms with Gasteiger partial charge < -0.3 is 20.1 Å². The number of benzene rings is 1. The van der Waals surface area contributed by atoms with Gasteiger partial charge in [-0.3, -0.25) is 14.4 Å². The highest BCUT2D eigenvalue weighted by Gasteiger charge is 2.76. The average Bonchev–Trinajstić information content (AvgIpc) is 3.45. The average molecular weight is 503 g/mol. The van der Waals surface area contributed by atoms with Gasteiger partial charge in [0.25, 0.3) is 0 Å². The van der Waals surface area contributed by atoms with E-state index >= 15 is 0 Å². The topological polar surface area (TPSA) is 95.9 Å². The number of aliphatic hydroxyl groups is 1. The third kappa shape index (κ3) is 4.48. The number of nitrogens with zero attached hydrogens (tertiary/aromatic N) is 1. The predicted octanol–water partition coefficient (Wildman–Crippen LogP) is 2.80. The maximum absolute atomic E-state index is 14.1. The molecule has 35 heavy (non-hydrogen) atoms. The van der Waals surface area contributed by atoms with Gasteiger partial charge in [0.15, 0.2) is 0 Å². The summed E-state index contributed by atoms with van der Waals surface area (Å²) in [5.41, 5.74) is 0.989. The molecule has 8 heteroatoms. The Morgan fingerprint density at radius 2 is 2.00 bits per heavy atom. The van der Waals surface area contributed by atoms with Gasteiger partial charge in [-0.05, 0) is 37.7 Å². The lowest BCUT2D eigenvalue weighted by Crippen LogP contribution is -2.58. The zero-order valence-electron chi connectivity index (χ0n) is 20.9. The van der Waals surface area contributed by atoms with Crippen LogP contribution < -0.4 is 5.32 Å². The van der Waals surface area contributed by atoms with Crippen LogP contribution in [0.3, 0.4) is 0 Å². The fourth-order valence-corrected chi connectivity index (χ4v) is 8.87. The van der Waals surface area contributed by atoms with Crippen LogP contribution in [-0.4, -0.2) is 69.6 Å². The highest BCUT2D eigenvalue weighted by Crippen LogP contribution is 2.68. The van der Waals surface area contributed by atoms with E-state index in [-0.39, 0.29) is 42.2 Å². The summed E-state index contributed by atoms with van der Waals surface area (Å²) in [6.07, 6.45) is 4.16. The van der Waals surface area contributed by atoms with Crippen molar-refractivity contribution in [2.24, 2.45) is 17.8 Å². The molecule has 3 unspecified atom stereocenters. The second kappa shape index (κ2) is 10.9. The van der Waals surface area contributed by atoms with Crippen LogP contribution in [0.1, 0.15) is 52.0 Å². The molecule has 7 nitrogen and oxygen atoms in total. The van der Waals surface area contributed by atoms with Crippen molar-refractivity contribution in [2.45, 2.75) is 75.0 Å². The van der Waals surface area contributed by atoms with Gasteiger partial charge in [-0.15, -0.1) is 11.8 Å². The van der Waals surface area contributed by atoms with E-state index in [1.807, 2.05) is 30.3 Å². The maximum Gasteiger partial charge on any atom is 0.310 e. The van der Waals surface area contributed by atoms with Gasteiger partial charge in [0.2, 0.25) is 11.8 Å². The number of carbonyl (C=O) groups excluding carboxylic acids is 3. The van der Waals surface area contributed by atoms with Gasteiger partial charge in [-0.2, -0.15) is 0 Å². The van der Waals surface area contributed by atoms with E-state index in [4.69, 9.17) is 4.74 Å². The predicted molar refractivity (Wildman–Crippen MR) is 136 cm³/mol. The number of aliphatic hydroxyl groups excluding tert-OH is 1. The summed E-state index contributed by atoms with van der Waals surface area (Å²) in [5, 5.41) is 13.5.